The number of carbonyl (C=O) groups is 4. The molecule has 4 unspecified atom stereocenters. The fraction of sp³-hybridized carbons (Fsp3) is 0.244. The van der Waals surface area contributed by atoms with Gasteiger partial charge in [-0.25, -0.2) is 19.2 Å². The molecule has 14 heteroatoms. The third-order valence-corrected chi connectivity index (χ3v) is 7.75. The molecule has 0 aliphatic carbocycles. The first kappa shape index (κ1) is 42.7. The van der Waals surface area contributed by atoms with Gasteiger partial charge in [-0.05, 0) is 85.5 Å². The number of methoxy groups -OCH3 is 2. The number of carboxylic acid groups (broad SMARTS) is 2. The summed E-state index contributed by atoms with van der Waals surface area (Å²) in [4.78, 5) is 46.8. The fourth-order valence-electron chi connectivity index (χ4n) is 4.83. The Morgan fingerprint density at radius 1 is 0.745 bits per heavy atom. The summed E-state index contributed by atoms with van der Waals surface area (Å²) in [6, 6.07) is 30.1. The van der Waals surface area contributed by atoms with Crippen LogP contribution in [0.25, 0.3) is 5.57 Å². The summed E-state index contributed by atoms with van der Waals surface area (Å²) in [7, 11) is 3.22. The summed E-state index contributed by atoms with van der Waals surface area (Å²) < 4.78 is 26.0. The zero-order valence-corrected chi connectivity index (χ0v) is 30.6. The van der Waals surface area contributed by atoms with Crippen molar-refractivity contribution in [3.8, 4) is 23.3 Å². The van der Waals surface area contributed by atoms with Crippen LogP contribution in [0.5, 0.6) is 17.2 Å². The van der Waals surface area contributed by atoms with Gasteiger partial charge in [0.1, 0.15) is 11.9 Å². The number of nitrogens with zero attached hydrogens (tertiary/aromatic N) is 1. The van der Waals surface area contributed by atoms with Crippen LogP contribution in [0.1, 0.15) is 45.7 Å². The van der Waals surface area contributed by atoms with Crippen molar-refractivity contribution in [2.45, 2.75) is 44.8 Å². The summed E-state index contributed by atoms with van der Waals surface area (Å²) in [5.41, 5.74) is 2.98. The van der Waals surface area contributed by atoms with Crippen LogP contribution in [0.3, 0.4) is 0 Å². The van der Waals surface area contributed by atoms with Crippen LogP contribution < -0.4 is 19.5 Å². The molecule has 0 amide bonds. The Bertz CT molecular complexity index is 1870. The summed E-state index contributed by atoms with van der Waals surface area (Å²) >= 11 is 0. The predicted molar refractivity (Wildman–Crippen MR) is 200 cm³/mol. The van der Waals surface area contributed by atoms with Crippen molar-refractivity contribution in [1.82, 2.24) is 5.32 Å². The molecule has 0 spiro atoms. The van der Waals surface area contributed by atoms with Crippen molar-refractivity contribution in [3.63, 3.8) is 0 Å². The largest absolute Gasteiger partial charge is 0.493 e. The number of esters is 2. The third kappa shape index (κ3) is 13.3. The van der Waals surface area contributed by atoms with E-state index in [0.717, 1.165) is 23.1 Å². The van der Waals surface area contributed by atoms with E-state index in [-0.39, 0.29) is 11.1 Å². The lowest BCUT2D eigenvalue weighted by Gasteiger charge is -2.23. The Labute approximate surface area is 318 Å². The van der Waals surface area contributed by atoms with Crippen molar-refractivity contribution in [2.75, 3.05) is 20.8 Å². The van der Waals surface area contributed by atoms with Crippen molar-refractivity contribution in [1.29, 1.82) is 5.26 Å². The number of carboxylic acids is 2. The topological polar surface area (TPSA) is 211 Å². The highest BCUT2D eigenvalue weighted by atomic mass is 16.6. The van der Waals surface area contributed by atoms with E-state index >= 15 is 0 Å². The molecule has 288 valence electrons. The highest BCUT2D eigenvalue weighted by Gasteiger charge is 2.41. The van der Waals surface area contributed by atoms with Gasteiger partial charge in [-0.15, -0.1) is 0 Å². The van der Waals surface area contributed by atoms with Gasteiger partial charge in [-0.3, -0.25) is 5.32 Å². The van der Waals surface area contributed by atoms with Gasteiger partial charge >= 0.3 is 23.9 Å². The van der Waals surface area contributed by atoms with E-state index < -0.39 is 48.4 Å². The predicted octanol–water partition coefficient (Wildman–Crippen LogP) is 5.16. The number of hydrogen-bond donors (Lipinski definition) is 4. The zero-order chi connectivity index (χ0) is 40.3. The van der Waals surface area contributed by atoms with Gasteiger partial charge in [0.25, 0.3) is 0 Å². The maximum Gasteiger partial charge on any atom is 0.349 e. The molecule has 4 atom stereocenters. The molecule has 0 aliphatic heterocycles. The van der Waals surface area contributed by atoms with E-state index in [1.165, 1.54) is 54.6 Å². The molecule has 0 radical (unpaired) electrons. The molecule has 4 rings (SSSR count). The highest BCUT2D eigenvalue weighted by Crippen LogP contribution is 2.27. The van der Waals surface area contributed by atoms with E-state index in [9.17, 15) is 34.5 Å². The normalized spacial score (nSPS) is 12.9. The Hall–Kier alpha value is -6.69. The molecule has 0 aromatic heterocycles. The third-order valence-electron chi connectivity index (χ3n) is 7.75. The first-order valence-corrected chi connectivity index (χ1v) is 16.8. The van der Waals surface area contributed by atoms with Gasteiger partial charge in [0.15, 0.2) is 17.7 Å². The van der Waals surface area contributed by atoms with Crippen molar-refractivity contribution in [2.24, 2.45) is 0 Å². The number of hydrogen-bond acceptors (Lipinski definition) is 12. The van der Waals surface area contributed by atoms with Crippen LogP contribution in [-0.2, 0) is 25.5 Å². The number of aliphatic hydroxyl groups is 1. The maximum absolute atomic E-state index is 12.0. The van der Waals surface area contributed by atoms with E-state index in [4.69, 9.17) is 28.9 Å². The Morgan fingerprint density at radius 3 is 1.69 bits per heavy atom. The number of ether oxygens (including phenoxy) is 5. The van der Waals surface area contributed by atoms with Gasteiger partial charge in [0, 0.05) is 12.6 Å². The Kier molecular flexibility index (Phi) is 16.9. The lowest BCUT2D eigenvalue weighted by atomic mass is 10.1. The number of rotatable bonds is 17. The molecule has 0 bridgehead atoms. The lowest BCUT2D eigenvalue weighted by molar-refractivity contribution is -0.166. The van der Waals surface area contributed by atoms with E-state index in [0.29, 0.717) is 23.8 Å². The fourth-order valence-corrected chi connectivity index (χ4v) is 4.83. The second kappa shape index (κ2) is 21.7. The van der Waals surface area contributed by atoms with Gasteiger partial charge in [0.05, 0.1) is 31.4 Å². The summed E-state index contributed by atoms with van der Waals surface area (Å²) in [5.74, 6) is -3.61. The first-order valence-electron chi connectivity index (χ1n) is 16.8. The molecule has 0 saturated heterocycles. The average molecular weight is 755 g/mol. The lowest BCUT2D eigenvalue weighted by Crippen LogP contribution is -2.45. The first-order chi connectivity index (χ1) is 26.4. The number of aliphatic hydroxyl groups excluding tert-OH is 1. The highest BCUT2D eigenvalue weighted by molar-refractivity contribution is 5.95. The molecule has 0 saturated carbocycles. The van der Waals surface area contributed by atoms with Gasteiger partial charge in [-0.1, -0.05) is 54.6 Å². The molecule has 55 heavy (non-hydrogen) atoms. The quantitative estimate of drug-likeness (QED) is 0.0624. The number of nitrogens with one attached hydrogen (secondary N) is 1. The number of carbonyl (C=O) groups excluding carboxylic acids is 2. The van der Waals surface area contributed by atoms with E-state index in [1.54, 1.807) is 33.3 Å². The molecule has 0 fully saturated rings. The second-order valence-corrected chi connectivity index (χ2v) is 11.7. The van der Waals surface area contributed by atoms with E-state index in [1.807, 2.05) is 55.5 Å². The van der Waals surface area contributed by atoms with Crippen molar-refractivity contribution < 1.29 is 58.2 Å². The van der Waals surface area contributed by atoms with Crippen LogP contribution in [0, 0.1) is 11.3 Å². The molecule has 4 aromatic rings. The van der Waals surface area contributed by atoms with Crippen LogP contribution in [0.15, 0.2) is 109 Å². The van der Waals surface area contributed by atoms with E-state index in [2.05, 4.69) is 5.32 Å². The molecular weight excluding hydrogens is 712 g/mol. The van der Waals surface area contributed by atoms with Crippen LogP contribution in [-0.4, -0.2) is 84.5 Å². The standard InChI is InChI=1S/C23H28N2O4.C18H14O8/c1-16(11-13-24)19-6-8-20(9-7-19)29-23(17(2)26)25-14-12-18-5-10-21(27-3)22(15-18)28-4;19-15(20)13(25-17(23)11-7-3-1-4-8-11)14(16(21)22)26-18(24)12-9-5-2-6-10-12/h5-11,15,17,23,25-26H,12,14H2,1-4H3;1-10,13-14H,(H,19,20)(H,21,22)/b16-11-;. The number of aliphatic carboxylic acids is 2. The molecular formula is C41H42N2O12. The number of nitriles is 1. The summed E-state index contributed by atoms with van der Waals surface area (Å²) in [6.07, 6.45) is -3.42. The number of allylic oxidation sites excluding steroid dienone is 2. The van der Waals surface area contributed by atoms with Crippen LogP contribution in [0.2, 0.25) is 0 Å². The molecule has 14 nitrogen and oxygen atoms in total. The minimum Gasteiger partial charge on any atom is -0.493 e. The summed E-state index contributed by atoms with van der Waals surface area (Å²) in [6.45, 7) is 4.18. The monoisotopic (exact) mass is 754 g/mol. The molecule has 0 aliphatic rings. The smallest absolute Gasteiger partial charge is 0.349 e. The summed E-state index contributed by atoms with van der Waals surface area (Å²) in [5, 5.41) is 40.5. The molecule has 4 N–H and O–H groups in total. The van der Waals surface area contributed by atoms with Gasteiger partial charge in [0.2, 0.25) is 12.2 Å². The van der Waals surface area contributed by atoms with Gasteiger partial charge in [-0.2, -0.15) is 5.26 Å². The minimum absolute atomic E-state index is 0.0253. The minimum atomic E-state index is -2.21. The average Bonchev–Trinajstić information content (AvgIpc) is 3.19. The maximum atomic E-state index is 12.0. The van der Waals surface area contributed by atoms with Crippen LogP contribution in [0.4, 0.5) is 0 Å². The number of benzene rings is 4. The Morgan fingerprint density at radius 2 is 1.25 bits per heavy atom. The van der Waals surface area contributed by atoms with Crippen molar-refractivity contribution in [3.05, 3.63) is 131 Å². The Balaban J connectivity index is 0.000000297. The van der Waals surface area contributed by atoms with Gasteiger partial charge < -0.3 is 39.0 Å². The SMILES string of the molecule is COc1ccc(CCNC(Oc2ccc(/C(C)=C\C#N)cc2)C(C)O)cc1OC.O=C(OC(C(=O)O)C(OC(=O)c1ccccc1)C(=O)O)c1ccccc1. The molecule has 0 heterocycles. The zero-order valence-electron chi connectivity index (χ0n) is 30.6. The second-order valence-electron chi connectivity index (χ2n) is 11.7. The van der Waals surface area contributed by atoms with Crippen molar-refractivity contribution >= 4 is 29.5 Å². The van der Waals surface area contributed by atoms with Crippen LogP contribution >= 0.6 is 0 Å². The molecule has 4 aromatic carbocycles.